The molecule has 0 radical (unpaired) electrons. The van der Waals surface area contributed by atoms with E-state index in [1.807, 2.05) is 6.92 Å². The molecule has 140 valence electrons. The highest BCUT2D eigenvalue weighted by Gasteiger charge is 2.16. The minimum atomic E-state index is -0.698. The normalized spacial score (nSPS) is 10.5. The quantitative estimate of drug-likeness (QED) is 0.477. The number of aromatic nitrogens is 1. The van der Waals surface area contributed by atoms with E-state index in [9.17, 15) is 9.18 Å². The van der Waals surface area contributed by atoms with Gasteiger partial charge in [0.1, 0.15) is 12.4 Å². The van der Waals surface area contributed by atoms with Crippen LogP contribution >= 0.6 is 0 Å². The minimum Gasteiger partial charge on any atom is -0.493 e. The third-order valence-electron chi connectivity index (χ3n) is 3.99. The van der Waals surface area contributed by atoms with Gasteiger partial charge in [-0.1, -0.05) is 17.3 Å². The first-order valence-electron chi connectivity index (χ1n) is 8.19. The summed E-state index contributed by atoms with van der Waals surface area (Å²) in [7, 11) is 1.46. The summed E-state index contributed by atoms with van der Waals surface area (Å²) in [6, 6.07) is 10.3. The van der Waals surface area contributed by atoms with E-state index in [1.54, 1.807) is 19.1 Å². The molecule has 7 heteroatoms. The van der Waals surface area contributed by atoms with E-state index in [1.165, 1.54) is 37.4 Å². The number of rotatable bonds is 6. The predicted octanol–water partition coefficient (Wildman–Crippen LogP) is 4.24. The number of hydrogen-bond acceptors (Lipinski definition) is 6. The van der Waals surface area contributed by atoms with Crippen molar-refractivity contribution in [3.63, 3.8) is 0 Å². The summed E-state index contributed by atoms with van der Waals surface area (Å²) in [5.41, 5.74) is 1.80. The molecule has 0 unspecified atom stereocenters. The van der Waals surface area contributed by atoms with Crippen LogP contribution in [0.15, 0.2) is 47.0 Å². The van der Waals surface area contributed by atoms with Crippen LogP contribution in [0.1, 0.15) is 27.4 Å². The van der Waals surface area contributed by atoms with Crippen LogP contribution in [-0.4, -0.2) is 18.2 Å². The molecule has 1 heterocycles. The van der Waals surface area contributed by atoms with E-state index in [-0.39, 0.29) is 17.9 Å². The molecule has 0 fully saturated rings. The number of hydrogen-bond donors (Lipinski definition) is 0. The first kappa shape index (κ1) is 18.4. The van der Waals surface area contributed by atoms with Gasteiger partial charge in [-0.2, -0.15) is 0 Å². The first-order chi connectivity index (χ1) is 13.0. The maximum atomic E-state index is 13.6. The van der Waals surface area contributed by atoms with Gasteiger partial charge in [0, 0.05) is 0 Å². The molecule has 0 saturated carbocycles. The topological polar surface area (TPSA) is 70.8 Å². The number of carbonyl (C=O) groups excluding carboxylic acids is 1. The number of para-hydroxylation sites is 1. The highest BCUT2D eigenvalue weighted by Crippen LogP contribution is 2.30. The molecule has 27 heavy (non-hydrogen) atoms. The Balaban J connectivity index is 1.75. The van der Waals surface area contributed by atoms with Crippen molar-refractivity contribution in [2.24, 2.45) is 0 Å². The second kappa shape index (κ2) is 7.90. The van der Waals surface area contributed by atoms with E-state index in [0.29, 0.717) is 17.3 Å². The Morgan fingerprint density at radius 2 is 1.89 bits per heavy atom. The Bertz CT molecular complexity index is 947. The van der Waals surface area contributed by atoms with Gasteiger partial charge in [0.05, 0.1) is 23.9 Å². The van der Waals surface area contributed by atoms with Gasteiger partial charge in [0.15, 0.2) is 23.1 Å². The van der Waals surface area contributed by atoms with Crippen LogP contribution in [0.3, 0.4) is 0 Å². The van der Waals surface area contributed by atoms with Crippen LogP contribution in [-0.2, 0) is 6.61 Å². The second-order valence-corrected chi connectivity index (χ2v) is 5.78. The lowest BCUT2D eigenvalue weighted by Gasteiger charge is -2.12. The fraction of sp³-hybridized carbons (Fsp3) is 0.200. The maximum absolute atomic E-state index is 13.6. The summed E-state index contributed by atoms with van der Waals surface area (Å²) in [4.78, 5) is 12.3. The molecule has 0 N–H and O–H groups in total. The van der Waals surface area contributed by atoms with Crippen molar-refractivity contribution in [2.75, 3.05) is 7.11 Å². The highest BCUT2D eigenvalue weighted by molar-refractivity contribution is 5.91. The standard InChI is InChI=1S/C20H18FNO5/c1-12-15(13(2)27-22-12)11-25-18-9-8-14(10-19(18)24-3)20(23)26-17-7-5-4-6-16(17)21/h4-10H,11H2,1-3H3. The van der Waals surface area contributed by atoms with Crippen LogP contribution in [0.25, 0.3) is 0 Å². The van der Waals surface area contributed by atoms with Crippen molar-refractivity contribution >= 4 is 5.97 Å². The van der Waals surface area contributed by atoms with E-state index in [0.717, 1.165) is 11.3 Å². The molecule has 1 aromatic heterocycles. The molecule has 0 aliphatic carbocycles. The summed E-state index contributed by atoms with van der Waals surface area (Å²) in [6.07, 6.45) is 0. The Labute approximate surface area is 155 Å². The van der Waals surface area contributed by atoms with Crippen molar-refractivity contribution in [2.45, 2.75) is 20.5 Å². The van der Waals surface area contributed by atoms with Crippen LogP contribution < -0.4 is 14.2 Å². The van der Waals surface area contributed by atoms with Gasteiger partial charge in [-0.3, -0.25) is 0 Å². The smallest absolute Gasteiger partial charge is 0.343 e. The van der Waals surface area contributed by atoms with Crippen LogP contribution in [0.5, 0.6) is 17.2 Å². The van der Waals surface area contributed by atoms with Crippen molar-refractivity contribution in [1.82, 2.24) is 5.16 Å². The molecule has 0 atom stereocenters. The van der Waals surface area contributed by atoms with E-state index in [2.05, 4.69) is 5.16 Å². The minimum absolute atomic E-state index is 0.139. The largest absolute Gasteiger partial charge is 0.493 e. The molecule has 0 aliphatic rings. The Morgan fingerprint density at radius 1 is 1.11 bits per heavy atom. The Hall–Kier alpha value is -3.35. The van der Waals surface area contributed by atoms with E-state index in [4.69, 9.17) is 18.7 Å². The van der Waals surface area contributed by atoms with Gasteiger partial charge < -0.3 is 18.7 Å². The summed E-state index contributed by atoms with van der Waals surface area (Å²) < 4.78 is 34.9. The van der Waals surface area contributed by atoms with Crippen molar-refractivity contribution in [3.05, 3.63) is 70.9 Å². The molecule has 0 spiro atoms. The molecule has 0 bridgehead atoms. The molecule has 3 rings (SSSR count). The van der Waals surface area contributed by atoms with Crippen molar-refractivity contribution < 1.29 is 27.9 Å². The average Bonchev–Trinajstić information content (AvgIpc) is 2.99. The van der Waals surface area contributed by atoms with Crippen LogP contribution in [0.2, 0.25) is 0 Å². The van der Waals surface area contributed by atoms with Crippen molar-refractivity contribution in [3.8, 4) is 17.2 Å². The first-order valence-corrected chi connectivity index (χ1v) is 8.19. The zero-order valence-corrected chi connectivity index (χ0v) is 15.1. The van der Waals surface area contributed by atoms with E-state index < -0.39 is 11.8 Å². The van der Waals surface area contributed by atoms with Gasteiger partial charge in [-0.05, 0) is 44.2 Å². The average molecular weight is 371 g/mol. The SMILES string of the molecule is COc1cc(C(=O)Oc2ccccc2F)ccc1OCc1c(C)noc1C. The van der Waals surface area contributed by atoms with Gasteiger partial charge >= 0.3 is 5.97 Å². The number of ether oxygens (including phenoxy) is 3. The predicted molar refractivity (Wildman–Crippen MR) is 94.7 cm³/mol. The number of nitrogens with zero attached hydrogens (tertiary/aromatic N) is 1. The maximum Gasteiger partial charge on any atom is 0.343 e. The molecule has 0 saturated heterocycles. The van der Waals surface area contributed by atoms with Crippen LogP contribution in [0.4, 0.5) is 4.39 Å². The van der Waals surface area contributed by atoms with Crippen LogP contribution in [0, 0.1) is 19.7 Å². The van der Waals surface area contributed by atoms with Crippen molar-refractivity contribution in [1.29, 1.82) is 0 Å². The Morgan fingerprint density at radius 3 is 2.56 bits per heavy atom. The molecule has 6 nitrogen and oxygen atoms in total. The fourth-order valence-electron chi connectivity index (χ4n) is 2.46. The molecule has 3 aromatic rings. The number of methoxy groups -OCH3 is 1. The lowest BCUT2D eigenvalue weighted by Crippen LogP contribution is -2.10. The number of esters is 1. The third-order valence-corrected chi connectivity index (χ3v) is 3.99. The summed E-state index contributed by atoms with van der Waals surface area (Å²) in [5.74, 6) is 0.0225. The van der Waals surface area contributed by atoms with Gasteiger partial charge in [-0.25, -0.2) is 9.18 Å². The zero-order valence-electron chi connectivity index (χ0n) is 15.1. The molecule has 0 aliphatic heterocycles. The fourth-order valence-corrected chi connectivity index (χ4v) is 2.46. The summed E-state index contributed by atoms with van der Waals surface area (Å²) in [6.45, 7) is 3.88. The number of benzene rings is 2. The van der Waals surface area contributed by atoms with E-state index >= 15 is 0 Å². The third kappa shape index (κ3) is 4.08. The monoisotopic (exact) mass is 371 g/mol. The zero-order chi connectivity index (χ0) is 19.4. The summed E-state index contributed by atoms with van der Waals surface area (Å²) in [5, 5.41) is 3.88. The number of carbonyl (C=O) groups is 1. The second-order valence-electron chi connectivity index (χ2n) is 5.78. The molecule has 2 aromatic carbocycles. The highest BCUT2D eigenvalue weighted by atomic mass is 19.1. The van der Waals surface area contributed by atoms with Gasteiger partial charge in [-0.15, -0.1) is 0 Å². The lowest BCUT2D eigenvalue weighted by molar-refractivity contribution is 0.0727. The lowest BCUT2D eigenvalue weighted by atomic mass is 10.2. The molecular weight excluding hydrogens is 353 g/mol. The Kier molecular flexibility index (Phi) is 5.40. The van der Waals surface area contributed by atoms with Gasteiger partial charge in [0.2, 0.25) is 0 Å². The summed E-state index contributed by atoms with van der Waals surface area (Å²) >= 11 is 0. The number of aryl methyl sites for hydroxylation is 2. The molecular formula is C20H18FNO5. The molecule has 0 amide bonds. The number of halogens is 1. The van der Waals surface area contributed by atoms with Gasteiger partial charge in [0.25, 0.3) is 0 Å².